The summed E-state index contributed by atoms with van der Waals surface area (Å²) in [5.74, 6) is 0. The minimum absolute atomic E-state index is 0.627. The summed E-state index contributed by atoms with van der Waals surface area (Å²) in [4.78, 5) is 10.1. The number of aldehydes is 1. The zero-order valence-corrected chi connectivity index (χ0v) is 6.89. The van der Waals surface area contributed by atoms with E-state index in [0.29, 0.717) is 6.42 Å². The summed E-state index contributed by atoms with van der Waals surface area (Å²) in [6.07, 6.45) is 7.02. The molecule has 0 aliphatic carbocycles. The Morgan fingerprint density at radius 3 is 2.50 bits per heavy atom. The highest BCUT2D eigenvalue weighted by Crippen LogP contribution is 2.08. The number of allylic oxidation sites excluding steroid dienone is 2. The quantitative estimate of drug-likeness (QED) is 0.424. The highest BCUT2D eigenvalue weighted by molar-refractivity contribution is 5.54. The molecule has 0 aromatic heterocycles. The van der Waals surface area contributed by atoms with Crippen LogP contribution in [-0.2, 0) is 4.79 Å². The van der Waals surface area contributed by atoms with E-state index in [0.717, 1.165) is 25.5 Å². The molecule has 0 radical (unpaired) electrons. The third kappa shape index (κ3) is 4.30. The van der Waals surface area contributed by atoms with Crippen LogP contribution in [0.5, 0.6) is 0 Å². The van der Waals surface area contributed by atoms with Gasteiger partial charge >= 0.3 is 0 Å². The first-order valence-electron chi connectivity index (χ1n) is 3.96. The Balaban J connectivity index is 3.71. The van der Waals surface area contributed by atoms with Gasteiger partial charge in [-0.1, -0.05) is 31.9 Å². The van der Waals surface area contributed by atoms with Gasteiger partial charge in [-0.3, -0.25) is 0 Å². The lowest BCUT2D eigenvalue weighted by molar-refractivity contribution is -0.107. The van der Waals surface area contributed by atoms with Crippen LogP contribution >= 0.6 is 0 Å². The van der Waals surface area contributed by atoms with E-state index in [9.17, 15) is 4.79 Å². The summed E-state index contributed by atoms with van der Waals surface area (Å²) < 4.78 is 0. The van der Waals surface area contributed by atoms with Crippen molar-refractivity contribution >= 4 is 6.29 Å². The monoisotopic (exact) mass is 140 g/mol. The van der Waals surface area contributed by atoms with Crippen molar-refractivity contribution in [1.82, 2.24) is 0 Å². The van der Waals surface area contributed by atoms with E-state index in [1.165, 1.54) is 5.57 Å². The van der Waals surface area contributed by atoms with Crippen LogP contribution in [0.25, 0.3) is 0 Å². The van der Waals surface area contributed by atoms with Crippen LogP contribution < -0.4 is 0 Å². The van der Waals surface area contributed by atoms with Gasteiger partial charge in [-0.05, 0) is 12.8 Å². The fraction of sp³-hybridized carbons (Fsp3) is 0.667. The molecule has 0 aliphatic rings. The van der Waals surface area contributed by atoms with Gasteiger partial charge in [0.1, 0.15) is 6.29 Å². The smallest absolute Gasteiger partial charge is 0.124 e. The number of carbonyl (C=O) groups excluding carboxylic acids is 1. The van der Waals surface area contributed by atoms with Crippen LogP contribution in [0.1, 0.15) is 39.5 Å². The molecule has 0 aromatic carbocycles. The van der Waals surface area contributed by atoms with Gasteiger partial charge < -0.3 is 4.79 Å². The normalized spacial score (nSPS) is 11.6. The maximum Gasteiger partial charge on any atom is 0.124 e. The minimum atomic E-state index is 0.627. The van der Waals surface area contributed by atoms with Crippen molar-refractivity contribution in [3.8, 4) is 0 Å². The first kappa shape index (κ1) is 9.41. The summed E-state index contributed by atoms with van der Waals surface area (Å²) in [5, 5.41) is 0. The SMILES string of the molecule is CC/C=C(/CC=O)CCC. The van der Waals surface area contributed by atoms with Crippen molar-refractivity contribution in [2.75, 3.05) is 0 Å². The lowest BCUT2D eigenvalue weighted by atomic mass is 10.1. The van der Waals surface area contributed by atoms with Gasteiger partial charge in [0, 0.05) is 6.42 Å². The molecule has 1 heteroatoms. The van der Waals surface area contributed by atoms with Crippen LogP contribution in [0, 0.1) is 0 Å². The van der Waals surface area contributed by atoms with Gasteiger partial charge in [-0.25, -0.2) is 0 Å². The van der Waals surface area contributed by atoms with Crippen LogP contribution in [-0.4, -0.2) is 6.29 Å². The fourth-order valence-corrected chi connectivity index (χ4v) is 1.00. The standard InChI is InChI=1S/C9H16O/c1-3-5-9(6-4-2)7-8-10/h5,8H,3-4,6-7H2,1-2H3/b9-5+. The molecule has 10 heavy (non-hydrogen) atoms. The lowest BCUT2D eigenvalue weighted by Crippen LogP contribution is -1.83. The van der Waals surface area contributed by atoms with Gasteiger partial charge in [-0.2, -0.15) is 0 Å². The first-order chi connectivity index (χ1) is 4.85. The molecule has 0 spiro atoms. The molecule has 1 nitrogen and oxygen atoms in total. The zero-order chi connectivity index (χ0) is 7.82. The summed E-state index contributed by atoms with van der Waals surface area (Å²) in [5.41, 5.74) is 1.29. The maximum absolute atomic E-state index is 10.1. The number of rotatable bonds is 5. The van der Waals surface area contributed by atoms with E-state index in [1.54, 1.807) is 0 Å². The van der Waals surface area contributed by atoms with E-state index in [2.05, 4.69) is 19.9 Å². The minimum Gasteiger partial charge on any atom is -0.303 e. The molecule has 0 aromatic rings. The Morgan fingerprint density at radius 1 is 1.40 bits per heavy atom. The molecular formula is C9H16O. The zero-order valence-electron chi connectivity index (χ0n) is 6.89. The first-order valence-corrected chi connectivity index (χ1v) is 3.96. The average molecular weight is 140 g/mol. The van der Waals surface area contributed by atoms with Crippen molar-refractivity contribution in [2.45, 2.75) is 39.5 Å². The molecule has 0 saturated carbocycles. The molecule has 58 valence electrons. The Bertz CT molecular complexity index is 114. The van der Waals surface area contributed by atoms with Crippen LogP contribution in [0.4, 0.5) is 0 Å². The topological polar surface area (TPSA) is 17.1 Å². The van der Waals surface area contributed by atoms with Crippen LogP contribution in [0.15, 0.2) is 11.6 Å². The second-order valence-corrected chi connectivity index (χ2v) is 2.39. The largest absolute Gasteiger partial charge is 0.303 e. The third-order valence-electron chi connectivity index (χ3n) is 1.41. The predicted octanol–water partition coefficient (Wildman–Crippen LogP) is 2.71. The molecule has 0 fully saturated rings. The van der Waals surface area contributed by atoms with Gasteiger partial charge in [0.25, 0.3) is 0 Å². The Hall–Kier alpha value is -0.590. The van der Waals surface area contributed by atoms with Crippen LogP contribution in [0.3, 0.4) is 0 Å². The number of hydrogen-bond acceptors (Lipinski definition) is 1. The summed E-state index contributed by atoms with van der Waals surface area (Å²) >= 11 is 0. The molecule has 0 heterocycles. The maximum atomic E-state index is 10.1. The van der Waals surface area contributed by atoms with Gasteiger partial charge in [-0.15, -0.1) is 0 Å². The Labute approximate surface area is 63.1 Å². The highest BCUT2D eigenvalue weighted by atomic mass is 16.1. The number of carbonyl (C=O) groups is 1. The highest BCUT2D eigenvalue weighted by Gasteiger charge is 1.92. The van der Waals surface area contributed by atoms with Gasteiger partial charge in [0.15, 0.2) is 0 Å². The average Bonchev–Trinajstić information content (AvgIpc) is 1.90. The molecule has 0 N–H and O–H groups in total. The fourth-order valence-electron chi connectivity index (χ4n) is 1.00. The second-order valence-electron chi connectivity index (χ2n) is 2.39. The van der Waals surface area contributed by atoms with Crippen molar-refractivity contribution in [2.24, 2.45) is 0 Å². The summed E-state index contributed by atoms with van der Waals surface area (Å²) in [6, 6.07) is 0. The molecule has 0 bridgehead atoms. The lowest BCUT2D eigenvalue weighted by Gasteiger charge is -1.98. The molecule has 0 atom stereocenters. The van der Waals surface area contributed by atoms with Gasteiger partial charge in [0.05, 0.1) is 0 Å². The van der Waals surface area contributed by atoms with E-state index in [1.807, 2.05) is 0 Å². The molecule has 0 saturated heterocycles. The van der Waals surface area contributed by atoms with E-state index in [-0.39, 0.29) is 0 Å². The van der Waals surface area contributed by atoms with Crippen molar-refractivity contribution < 1.29 is 4.79 Å². The van der Waals surface area contributed by atoms with Crippen LogP contribution in [0.2, 0.25) is 0 Å². The molecule has 0 aliphatic heterocycles. The molecule has 0 unspecified atom stereocenters. The molecule has 0 amide bonds. The van der Waals surface area contributed by atoms with E-state index in [4.69, 9.17) is 0 Å². The van der Waals surface area contributed by atoms with E-state index < -0.39 is 0 Å². The third-order valence-corrected chi connectivity index (χ3v) is 1.41. The predicted molar refractivity (Wildman–Crippen MR) is 44.0 cm³/mol. The van der Waals surface area contributed by atoms with Crippen molar-refractivity contribution in [3.63, 3.8) is 0 Å². The summed E-state index contributed by atoms with van der Waals surface area (Å²) in [6.45, 7) is 4.23. The van der Waals surface area contributed by atoms with E-state index >= 15 is 0 Å². The van der Waals surface area contributed by atoms with Crippen molar-refractivity contribution in [3.05, 3.63) is 11.6 Å². The summed E-state index contributed by atoms with van der Waals surface area (Å²) in [7, 11) is 0. The Kier molecular flexibility index (Phi) is 6.14. The number of hydrogen-bond donors (Lipinski definition) is 0. The van der Waals surface area contributed by atoms with Gasteiger partial charge in [0.2, 0.25) is 0 Å². The van der Waals surface area contributed by atoms with Crippen molar-refractivity contribution in [1.29, 1.82) is 0 Å². The Morgan fingerprint density at radius 2 is 2.10 bits per heavy atom. The molecule has 0 rings (SSSR count). The molecular weight excluding hydrogens is 124 g/mol. The second kappa shape index (κ2) is 6.53.